The third-order valence-electron chi connectivity index (χ3n) is 8.99. The molecule has 3 N–H and O–H groups in total. The Hall–Kier alpha value is -2.48. The molecule has 6 rings (SSSR count). The van der Waals surface area contributed by atoms with Gasteiger partial charge in [0.2, 0.25) is 0 Å². The second kappa shape index (κ2) is 12.3. The Morgan fingerprint density at radius 3 is 2.71 bits per heavy atom. The normalized spacial score (nSPS) is 29.2. The van der Waals surface area contributed by atoms with Crippen molar-refractivity contribution in [2.75, 3.05) is 19.6 Å². The summed E-state index contributed by atoms with van der Waals surface area (Å²) in [4.78, 5) is 18.8. The molecule has 2 bridgehead atoms. The summed E-state index contributed by atoms with van der Waals surface area (Å²) < 4.78 is 32.2. The zero-order chi connectivity index (χ0) is 29.4. The topological polar surface area (TPSA) is 105 Å². The van der Waals surface area contributed by atoms with Gasteiger partial charge in [-0.2, -0.15) is 13.8 Å². The molecule has 42 heavy (non-hydrogen) atoms. The van der Waals surface area contributed by atoms with Gasteiger partial charge < -0.3 is 10.6 Å². The van der Waals surface area contributed by atoms with E-state index in [0.717, 1.165) is 37.2 Å². The smallest absolute Gasteiger partial charge is 0.307 e. The van der Waals surface area contributed by atoms with Crippen molar-refractivity contribution in [1.29, 1.82) is 0 Å². The minimum atomic E-state index is -2.73. The molecule has 0 aliphatic carbocycles. The van der Waals surface area contributed by atoms with Gasteiger partial charge in [-0.05, 0) is 62.9 Å². The van der Waals surface area contributed by atoms with Crippen LogP contribution in [0, 0.1) is 5.92 Å². The molecule has 5 heterocycles. The Morgan fingerprint density at radius 2 is 1.95 bits per heavy atom. The van der Waals surface area contributed by atoms with Crippen LogP contribution in [0.25, 0.3) is 16.9 Å². The van der Waals surface area contributed by atoms with Gasteiger partial charge in [-0.3, -0.25) is 9.36 Å². The fourth-order valence-electron chi connectivity index (χ4n) is 7.04. The first-order valence-electron chi connectivity index (χ1n) is 14.5. The van der Waals surface area contributed by atoms with Crippen LogP contribution in [0.4, 0.5) is 8.78 Å². The Morgan fingerprint density at radius 1 is 1.12 bits per heavy atom. The lowest BCUT2D eigenvalue weighted by Crippen LogP contribution is -2.66. The third kappa shape index (κ3) is 5.72. The number of fused-ring (bicyclic) bond motifs is 4. The van der Waals surface area contributed by atoms with Crippen LogP contribution in [0.5, 0.6) is 0 Å². The minimum absolute atomic E-state index is 0.0948. The zero-order valence-electron chi connectivity index (χ0n) is 23.3. The van der Waals surface area contributed by atoms with Gasteiger partial charge >= 0.3 is 6.55 Å². The van der Waals surface area contributed by atoms with Crippen LogP contribution in [-0.2, 0) is 5.54 Å². The average molecular weight is 623 g/mol. The van der Waals surface area contributed by atoms with Gasteiger partial charge in [-0.25, -0.2) is 15.1 Å². The molecule has 3 fully saturated rings. The van der Waals surface area contributed by atoms with Crippen molar-refractivity contribution in [3.63, 3.8) is 0 Å². The fraction of sp³-hybridized carbons (Fsp3) is 0.571. The van der Waals surface area contributed by atoms with Gasteiger partial charge in [0.1, 0.15) is 0 Å². The monoisotopic (exact) mass is 621 g/mol. The van der Waals surface area contributed by atoms with E-state index in [1.807, 2.05) is 0 Å². The lowest BCUT2D eigenvalue weighted by Gasteiger charge is -2.50. The highest BCUT2D eigenvalue weighted by molar-refractivity contribution is 6.31. The highest BCUT2D eigenvalue weighted by atomic mass is 35.5. The highest BCUT2D eigenvalue weighted by Gasteiger charge is 2.55. The third-order valence-corrected chi connectivity index (χ3v) is 9.40. The summed E-state index contributed by atoms with van der Waals surface area (Å²) in [6.45, 7) is 1.16. The average Bonchev–Trinajstić information content (AvgIpc) is 3.60. The van der Waals surface area contributed by atoms with Crippen LogP contribution in [0.2, 0.25) is 10.2 Å². The molecule has 1 aromatic carbocycles. The van der Waals surface area contributed by atoms with Gasteiger partial charge in [-0.1, -0.05) is 48.2 Å². The Labute approximate surface area is 252 Å². The van der Waals surface area contributed by atoms with Gasteiger partial charge in [-0.15, -0.1) is 5.10 Å². The number of rotatable bonds is 4. The summed E-state index contributed by atoms with van der Waals surface area (Å²) in [5, 5.41) is 16.8. The molecule has 3 aromatic rings. The van der Waals surface area contributed by atoms with Crippen LogP contribution in [0.1, 0.15) is 45.4 Å². The number of benzene rings is 1. The van der Waals surface area contributed by atoms with Crippen LogP contribution in [-0.4, -0.2) is 73.9 Å². The van der Waals surface area contributed by atoms with E-state index in [4.69, 9.17) is 28.2 Å². The van der Waals surface area contributed by atoms with E-state index in [1.165, 1.54) is 17.1 Å². The number of nitrogens with one attached hydrogen (secondary N) is 3. The number of halogens is 4. The maximum Gasteiger partial charge on any atom is 0.307 e. The molecule has 10 nitrogen and oxygen atoms in total. The summed E-state index contributed by atoms with van der Waals surface area (Å²) in [5.41, 5.74) is 3.26. The molecule has 14 heteroatoms. The van der Waals surface area contributed by atoms with Gasteiger partial charge in [0, 0.05) is 35.3 Å². The van der Waals surface area contributed by atoms with E-state index in [9.17, 15) is 13.6 Å². The Bertz CT molecular complexity index is 1470. The van der Waals surface area contributed by atoms with Crippen LogP contribution >= 0.6 is 23.2 Å². The van der Waals surface area contributed by atoms with E-state index in [2.05, 4.69) is 33.3 Å². The number of aromatic nitrogens is 5. The summed E-state index contributed by atoms with van der Waals surface area (Å²) in [7, 11) is 0. The first-order chi connectivity index (χ1) is 20.2. The van der Waals surface area contributed by atoms with Crippen molar-refractivity contribution < 1.29 is 8.78 Å². The second-order valence-corrected chi connectivity index (χ2v) is 12.6. The van der Waals surface area contributed by atoms with E-state index < -0.39 is 18.1 Å². The maximum atomic E-state index is 14.6. The molecule has 226 valence electrons. The first-order valence-corrected chi connectivity index (χ1v) is 15.2. The summed E-state index contributed by atoms with van der Waals surface area (Å²) >= 11 is 12.4. The highest BCUT2D eigenvalue weighted by Crippen LogP contribution is 2.41. The van der Waals surface area contributed by atoms with E-state index >= 15 is 0 Å². The molecule has 2 aromatic heterocycles. The summed E-state index contributed by atoms with van der Waals surface area (Å²) in [6, 6.07) is 5.76. The molecule has 0 spiro atoms. The number of hydrazine groups is 1. The molecule has 0 saturated carbocycles. The van der Waals surface area contributed by atoms with E-state index in [1.54, 1.807) is 29.0 Å². The van der Waals surface area contributed by atoms with Crippen LogP contribution in [0.15, 0.2) is 41.6 Å². The SMILES string of the molecule is C[C@@H]1CCCC[C@@H]2C[C@](n3cnc(-c4cc(Cl)ccc4-n4cc(Cl)nn4)cc3=O)(CCN2)[C@H]2[C@@H](CNN2C(F)F)NC1. The van der Waals surface area contributed by atoms with Crippen molar-refractivity contribution >= 4 is 23.2 Å². The minimum Gasteiger partial charge on any atom is -0.314 e. The quantitative estimate of drug-likeness (QED) is 0.378. The van der Waals surface area contributed by atoms with Crippen LogP contribution in [0.3, 0.4) is 0 Å². The lowest BCUT2D eigenvalue weighted by atomic mass is 9.74. The standard InChI is InChI=1S/C28H35Cl2F2N9O/c1-17-4-2-3-5-19-12-28(8-9-33-19,26-22(34-13-17)14-36-41(26)27(31)32)39-16-35-21(11-25(39)42)20-10-18(29)6-7-23(20)40-15-24(30)37-38-40/h6-7,10-11,15-17,19,22,26-27,33-34,36H,2-5,8-9,12-14H2,1H3/t17-,19-,22-,26-,28-/m1/s1. The number of piperidine rings is 1. The van der Waals surface area contributed by atoms with Crippen molar-refractivity contribution in [2.24, 2.45) is 5.92 Å². The summed E-state index contributed by atoms with van der Waals surface area (Å²) in [5.74, 6) is 0.421. The Kier molecular flexibility index (Phi) is 8.63. The van der Waals surface area contributed by atoms with E-state index in [0.29, 0.717) is 53.8 Å². The number of nitrogens with zero attached hydrogens (tertiary/aromatic N) is 6. The molecule has 3 aliphatic rings. The predicted octanol–water partition coefficient (Wildman–Crippen LogP) is 3.82. The lowest BCUT2D eigenvalue weighted by molar-refractivity contribution is -0.104. The molecule has 3 saturated heterocycles. The van der Waals surface area contributed by atoms with Gasteiger partial charge in [0.25, 0.3) is 5.56 Å². The molecule has 0 radical (unpaired) electrons. The zero-order valence-corrected chi connectivity index (χ0v) is 24.8. The van der Waals surface area contributed by atoms with Crippen LogP contribution < -0.4 is 21.6 Å². The Balaban J connectivity index is 1.46. The predicted molar refractivity (Wildman–Crippen MR) is 157 cm³/mol. The fourth-order valence-corrected chi connectivity index (χ4v) is 7.34. The van der Waals surface area contributed by atoms with Crippen molar-refractivity contribution in [3.8, 4) is 16.9 Å². The number of hydrogen-bond donors (Lipinski definition) is 3. The second-order valence-electron chi connectivity index (χ2n) is 11.7. The largest absolute Gasteiger partial charge is 0.314 e. The van der Waals surface area contributed by atoms with Gasteiger partial charge in [0.15, 0.2) is 5.15 Å². The molecule has 0 unspecified atom stereocenters. The first kappa shape index (κ1) is 29.6. The van der Waals surface area contributed by atoms with Crippen molar-refractivity contribution in [3.05, 3.63) is 57.3 Å². The van der Waals surface area contributed by atoms with E-state index in [-0.39, 0.29) is 22.8 Å². The number of alkyl halides is 2. The van der Waals surface area contributed by atoms with Crippen molar-refractivity contribution in [1.82, 2.24) is 45.6 Å². The number of hydrogen-bond acceptors (Lipinski definition) is 8. The maximum absolute atomic E-state index is 14.6. The molecular weight excluding hydrogens is 587 g/mol. The molecule has 5 atom stereocenters. The summed E-state index contributed by atoms with van der Waals surface area (Å²) in [6.07, 6.45) is 8.28. The molecule has 3 aliphatic heterocycles. The molecular formula is C28H35Cl2F2N9O. The molecule has 0 amide bonds. The van der Waals surface area contributed by atoms with Crippen molar-refractivity contribution in [2.45, 2.75) is 75.7 Å². The van der Waals surface area contributed by atoms with Gasteiger partial charge in [0.05, 0.1) is 35.5 Å².